The zero-order valence-corrected chi connectivity index (χ0v) is 15.8. The van der Waals surface area contributed by atoms with Crippen molar-refractivity contribution in [2.45, 2.75) is 25.9 Å². The van der Waals surface area contributed by atoms with Crippen LogP contribution in [0.2, 0.25) is 5.02 Å². The van der Waals surface area contributed by atoms with E-state index in [0.717, 1.165) is 34.5 Å². The molecule has 0 bridgehead atoms. The fourth-order valence-electron chi connectivity index (χ4n) is 2.93. The van der Waals surface area contributed by atoms with Gasteiger partial charge >= 0.3 is 6.18 Å². The molecular weight excluding hydrogens is 387 g/mol. The van der Waals surface area contributed by atoms with Gasteiger partial charge in [-0.1, -0.05) is 35.9 Å². The zero-order chi connectivity index (χ0) is 20.3. The van der Waals surface area contributed by atoms with Crippen LogP contribution in [0.1, 0.15) is 22.4 Å². The van der Waals surface area contributed by atoms with Gasteiger partial charge in [-0.25, -0.2) is 0 Å². The lowest BCUT2D eigenvalue weighted by atomic mass is 9.99. The summed E-state index contributed by atoms with van der Waals surface area (Å²) in [5.41, 5.74) is 3.11. The fraction of sp³-hybridized carbons (Fsp3) is 0.182. The molecule has 0 amide bonds. The van der Waals surface area contributed by atoms with Crippen molar-refractivity contribution in [3.63, 3.8) is 0 Å². The molecule has 3 rings (SSSR count). The van der Waals surface area contributed by atoms with E-state index >= 15 is 0 Å². The molecule has 2 aromatic carbocycles. The third-order valence-electron chi connectivity index (χ3n) is 4.35. The molecule has 2 nitrogen and oxygen atoms in total. The summed E-state index contributed by atoms with van der Waals surface area (Å²) in [7, 11) is 0. The van der Waals surface area contributed by atoms with Gasteiger partial charge in [0.2, 0.25) is 0 Å². The molecule has 28 heavy (non-hydrogen) atoms. The van der Waals surface area contributed by atoms with Crippen LogP contribution in [0, 0.1) is 6.92 Å². The van der Waals surface area contributed by atoms with Crippen LogP contribution in [0.5, 0.6) is 0 Å². The SMILES string of the molecule is Cc1cc(-c2ccc(CC(=O)Cc3cc(C(F)(F)F)ccc3Cl)cc2)ccn1. The smallest absolute Gasteiger partial charge is 0.299 e. The Kier molecular flexibility index (Phi) is 5.84. The fourth-order valence-corrected chi connectivity index (χ4v) is 3.11. The van der Waals surface area contributed by atoms with E-state index in [9.17, 15) is 18.0 Å². The van der Waals surface area contributed by atoms with Gasteiger partial charge in [0.15, 0.2) is 0 Å². The lowest BCUT2D eigenvalue weighted by molar-refractivity contribution is -0.137. The standard InChI is InChI=1S/C22H17ClF3NO/c1-14-10-17(8-9-27-14)16-4-2-15(3-5-16)11-20(28)13-18-12-19(22(24,25)26)6-7-21(18)23/h2-10,12H,11,13H2,1H3. The largest absolute Gasteiger partial charge is 0.416 e. The summed E-state index contributed by atoms with van der Waals surface area (Å²) < 4.78 is 38.6. The molecule has 0 aliphatic rings. The normalized spacial score (nSPS) is 11.5. The number of nitrogens with zero attached hydrogens (tertiary/aromatic N) is 1. The minimum Gasteiger partial charge on any atom is -0.299 e. The highest BCUT2D eigenvalue weighted by Crippen LogP contribution is 2.32. The third kappa shape index (κ3) is 4.98. The minimum atomic E-state index is -4.47. The quantitative estimate of drug-likeness (QED) is 0.516. The molecule has 144 valence electrons. The van der Waals surface area contributed by atoms with Crippen molar-refractivity contribution >= 4 is 17.4 Å². The molecule has 6 heteroatoms. The van der Waals surface area contributed by atoms with Crippen LogP contribution < -0.4 is 0 Å². The summed E-state index contributed by atoms with van der Waals surface area (Å²) >= 11 is 5.97. The molecular formula is C22H17ClF3NO. The Bertz CT molecular complexity index is 997. The molecule has 0 fully saturated rings. The number of Topliss-reactive ketones (excluding diaryl/α,β-unsaturated/α-hetero) is 1. The van der Waals surface area contributed by atoms with Gasteiger partial charge in [-0.3, -0.25) is 9.78 Å². The maximum absolute atomic E-state index is 12.9. The van der Waals surface area contributed by atoms with E-state index in [0.29, 0.717) is 0 Å². The van der Waals surface area contributed by atoms with E-state index in [1.54, 1.807) is 6.20 Å². The van der Waals surface area contributed by atoms with Crippen molar-refractivity contribution in [3.05, 3.63) is 88.2 Å². The first-order valence-corrected chi connectivity index (χ1v) is 8.99. The van der Waals surface area contributed by atoms with Crippen molar-refractivity contribution in [1.82, 2.24) is 4.98 Å². The lowest BCUT2D eigenvalue weighted by Gasteiger charge is -2.10. The lowest BCUT2D eigenvalue weighted by Crippen LogP contribution is -2.10. The van der Waals surface area contributed by atoms with Gasteiger partial charge in [-0.15, -0.1) is 0 Å². The van der Waals surface area contributed by atoms with E-state index in [2.05, 4.69) is 4.98 Å². The van der Waals surface area contributed by atoms with Crippen molar-refractivity contribution < 1.29 is 18.0 Å². The second-order valence-corrected chi connectivity index (χ2v) is 6.99. The summed E-state index contributed by atoms with van der Waals surface area (Å²) in [6.07, 6.45) is -2.75. The van der Waals surface area contributed by atoms with E-state index in [-0.39, 0.29) is 29.2 Å². The monoisotopic (exact) mass is 403 g/mol. The Labute approximate surface area is 166 Å². The molecule has 0 saturated heterocycles. The first-order chi connectivity index (χ1) is 13.2. The Hall–Kier alpha value is -2.66. The number of halogens is 4. The highest BCUT2D eigenvalue weighted by molar-refractivity contribution is 6.31. The number of hydrogen-bond donors (Lipinski definition) is 0. The van der Waals surface area contributed by atoms with Gasteiger partial charge in [0, 0.05) is 29.8 Å². The van der Waals surface area contributed by atoms with Crippen molar-refractivity contribution in [3.8, 4) is 11.1 Å². The molecule has 1 aromatic heterocycles. The van der Waals surface area contributed by atoms with E-state index in [4.69, 9.17) is 11.6 Å². The van der Waals surface area contributed by atoms with Crippen LogP contribution in [0.25, 0.3) is 11.1 Å². The summed E-state index contributed by atoms with van der Waals surface area (Å²) in [4.78, 5) is 16.5. The van der Waals surface area contributed by atoms with E-state index in [1.807, 2.05) is 43.3 Å². The average molecular weight is 404 g/mol. The molecule has 0 unspecified atom stereocenters. The van der Waals surface area contributed by atoms with E-state index < -0.39 is 11.7 Å². The van der Waals surface area contributed by atoms with Crippen molar-refractivity contribution in [1.29, 1.82) is 0 Å². The number of rotatable bonds is 5. The van der Waals surface area contributed by atoms with E-state index in [1.165, 1.54) is 6.07 Å². The predicted octanol–water partition coefficient (Wildman–Crippen LogP) is 6.08. The van der Waals surface area contributed by atoms with Crippen LogP contribution in [-0.4, -0.2) is 10.8 Å². The maximum Gasteiger partial charge on any atom is 0.416 e. The Morgan fingerprint density at radius 2 is 1.68 bits per heavy atom. The molecule has 0 saturated carbocycles. The topological polar surface area (TPSA) is 30.0 Å². The number of aryl methyl sites for hydroxylation is 1. The predicted molar refractivity (Wildman–Crippen MR) is 103 cm³/mol. The second-order valence-electron chi connectivity index (χ2n) is 6.58. The molecule has 3 aromatic rings. The maximum atomic E-state index is 12.9. The number of hydrogen-bond acceptors (Lipinski definition) is 2. The molecule has 0 spiro atoms. The van der Waals surface area contributed by atoms with Gasteiger partial charge < -0.3 is 0 Å². The third-order valence-corrected chi connectivity index (χ3v) is 4.71. The number of aromatic nitrogens is 1. The highest BCUT2D eigenvalue weighted by Gasteiger charge is 2.31. The van der Waals surface area contributed by atoms with Crippen LogP contribution in [0.15, 0.2) is 60.8 Å². The molecule has 0 aliphatic heterocycles. The Balaban J connectivity index is 1.70. The Morgan fingerprint density at radius 1 is 0.964 bits per heavy atom. The number of benzene rings is 2. The molecule has 1 heterocycles. The summed E-state index contributed by atoms with van der Waals surface area (Å²) in [5.74, 6) is -0.200. The highest BCUT2D eigenvalue weighted by atomic mass is 35.5. The second kappa shape index (κ2) is 8.15. The van der Waals surface area contributed by atoms with Gasteiger partial charge in [-0.2, -0.15) is 13.2 Å². The summed E-state index contributed by atoms with van der Waals surface area (Å²) in [5, 5.41) is 0.157. The molecule has 0 N–H and O–H groups in total. The average Bonchev–Trinajstić information content (AvgIpc) is 2.63. The number of ketones is 1. The molecule has 0 atom stereocenters. The molecule has 0 radical (unpaired) electrons. The van der Waals surface area contributed by atoms with Gasteiger partial charge in [0.1, 0.15) is 5.78 Å². The Morgan fingerprint density at radius 3 is 2.32 bits per heavy atom. The van der Waals surface area contributed by atoms with Crippen LogP contribution in [0.4, 0.5) is 13.2 Å². The summed E-state index contributed by atoms with van der Waals surface area (Å²) in [6.45, 7) is 1.91. The minimum absolute atomic E-state index is 0.127. The number of alkyl halides is 3. The van der Waals surface area contributed by atoms with Crippen LogP contribution >= 0.6 is 11.6 Å². The van der Waals surface area contributed by atoms with Gasteiger partial charge in [-0.05, 0) is 59.5 Å². The first kappa shape index (κ1) is 20.1. The molecule has 0 aliphatic carbocycles. The van der Waals surface area contributed by atoms with Crippen molar-refractivity contribution in [2.75, 3.05) is 0 Å². The number of carbonyl (C=O) groups excluding carboxylic acids is 1. The van der Waals surface area contributed by atoms with Gasteiger partial charge in [0.05, 0.1) is 5.56 Å². The first-order valence-electron chi connectivity index (χ1n) is 8.61. The van der Waals surface area contributed by atoms with Crippen molar-refractivity contribution in [2.24, 2.45) is 0 Å². The van der Waals surface area contributed by atoms with Crippen LogP contribution in [0.3, 0.4) is 0 Å². The summed E-state index contributed by atoms with van der Waals surface area (Å²) in [6, 6.07) is 14.4. The van der Waals surface area contributed by atoms with Gasteiger partial charge in [0.25, 0.3) is 0 Å². The van der Waals surface area contributed by atoms with Crippen LogP contribution in [-0.2, 0) is 23.8 Å². The number of pyridine rings is 1. The number of carbonyl (C=O) groups is 1. The zero-order valence-electron chi connectivity index (χ0n) is 15.1.